The van der Waals surface area contributed by atoms with Gasteiger partial charge in [-0.2, -0.15) is 0 Å². The summed E-state index contributed by atoms with van der Waals surface area (Å²) in [5, 5.41) is 1.62. The van der Waals surface area contributed by atoms with Gasteiger partial charge in [-0.3, -0.25) is 13.7 Å². The van der Waals surface area contributed by atoms with Crippen LogP contribution in [-0.2, 0) is 27.1 Å². The van der Waals surface area contributed by atoms with Crippen molar-refractivity contribution in [1.82, 2.24) is 14.1 Å². The van der Waals surface area contributed by atoms with E-state index in [1.807, 2.05) is 94.1 Å². The fourth-order valence-corrected chi connectivity index (χ4v) is 11.8. The number of aromatic nitrogens is 4. The van der Waals surface area contributed by atoms with Crippen LogP contribution >= 0.6 is 0 Å². The predicted molar refractivity (Wildman–Crippen MR) is 372 cm³/mol. The summed E-state index contributed by atoms with van der Waals surface area (Å²) in [6, 6.07) is 47.9. The molecule has 88 heavy (non-hydrogen) atoms. The molecular weight excluding hydrogens is 1070 g/mol. The number of hydrogen-bond donors (Lipinski definition) is 0. The molecule has 0 saturated heterocycles. The number of pyridine rings is 1. The summed E-state index contributed by atoms with van der Waals surface area (Å²) < 4.78 is 134. The van der Waals surface area contributed by atoms with E-state index in [2.05, 4.69) is 163 Å². The van der Waals surface area contributed by atoms with E-state index in [0.717, 1.165) is 44.3 Å². The topological polar surface area (TPSA) is 35.9 Å². The highest BCUT2D eigenvalue weighted by molar-refractivity contribution is 6.09. The third-order valence-corrected chi connectivity index (χ3v) is 17.0. The molecule has 12 rings (SSSR count). The molecule has 3 heterocycles. The fourth-order valence-electron chi connectivity index (χ4n) is 11.8. The molecule has 0 amide bonds. The molecule has 0 radical (unpaired) electrons. The first-order valence-corrected chi connectivity index (χ1v) is 30.3. The van der Waals surface area contributed by atoms with E-state index in [4.69, 9.17) is 28.9 Å². The quantitative estimate of drug-likeness (QED) is 0.107. The number of aryl methyl sites for hydroxylation is 3. The SMILES string of the molecule is [2H]c1c([2H])c([2H])c(-c2cnc(-n3c4ccccc4c4ccc(Oc5cccc(-n6[c-][n+](-c7c(-c8cc(C(C)(C)C)cc(C(C)(C)C)c8)cc(C(C)(C)C)cc7-c7cc(C(C)(C)C)cc(C(C)(C)C)c7)c7ccc(-c8c(C([2H])([2H])[2H])cccc8C([2H])([2H])[2H])cc76)c5)cc43)cc2C([2H])([2H])[2H])c([2H])c1[2H]. The van der Waals surface area contributed by atoms with Crippen molar-refractivity contribution in [3.63, 3.8) is 0 Å². The van der Waals surface area contributed by atoms with Crippen LogP contribution in [0.25, 0.3) is 94.5 Å². The van der Waals surface area contributed by atoms with Crippen molar-refractivity contribution in [2.45, 2.75) is 151 Å². The molecule has 12 aromatic rings. The first-order valence-electron chi connectivity index (χ1n) is 37.3. The number of fused-ring (bicyclic) bond motifs is 4. The highest BCUT2D eigenvalue weighted by Gasteiger charge is 2.30. The minimum absolute atomic E-state index is 0.0942. The third kappa shape index (κ3) is 11.3. The van der Waals surface area contributed by atoms with E-state index in [1.54, 1.807) is 0 Å². The largest absolute Gasteiger partial charge is 0.458 e. The molecule has 3 aromatic heterocycles. The van der Waals surface area contributed by atoms with Crippen LogP contribution in [0.2, 0.25) is 0 Å². The fraction of sp³-hybridized carbons (Fsp3) is 0.277. The number of benzene rings is 9. The Morgan fingerprint density at radius 2 is 0.989 bits per heavy atom. The molecule has 0 aliphatic heterocycles. The minimum Gasteiger partial charge on any atom is -0.458 e. The summed E-state index contributed by atoms with van der Waals surface area (Å²) in [7, 11) is 0. The third-order valence-electron chi connectivity index (χ3n) is 17.0. The highest BCUT2D eigenvalue weighted by Crippen LogP contribution is 2.45. The Balaban J connectivity index is 1.13. The van der Waals surface area contributed by atoms with Gasteiger partial charge in [0.1, 0.15) is 17.3 Å². The zero-order valence-electron chi connectivity index (χ0n) is 67.3. The lowest BCUT2D eigenvalue weighted by Gasteiger charge is -2.30. The Bertz CT molecular complexity index is 5140. The molecule has 0 aliphatic rings. The Morgan fingerprint density at radius 1 is 0.443 bits per heavy atom. The van der Waals surface area contributed by atoms with E-state index < -0.39 is 50.8 Å². The monoisotopic (exact) mass is 1170 g/mol. The maximum Gasteiger partial charge on any atom is 0.269 e. The summed E-state index contributed by atoms with van der Waals surface area (Å²) in [5.74, 6) is 1.01. The van der Waals surface area contributed by atoms with Crippen LogP contribution < -0.4 is 9.30 Å². The first kappa shape index (κ1) is 44.6. The maximum absolute atomic E-state index is 8.82. The van der Waals surface area contributed by atoms with Gasteiger partial charge in [0.25, 0.3) is 6.33 Å². The summed E-state index contributed by atoms with van der Waals surface area (Å²) in [6.45, 7) is 25.4. The van der Waals surface area contributed by atoms with Gasteiger partial charge in [0.15, 0.2) is 0 Å². The summed E-state index contributed by atoms with van der Waals surface area (Å²) in [5.41, 5.74) is 12.0. The van der Waals surface area contributed by atoms with Gasteiger partial charge in [0.05, 0.1) is 40.3 Å². The van der Waals surface area contributed by atoms with E-state index >= 15 is 0 Å². The Morgan fingerprint density at radius 3 is 1.57 bits per heavy atom. The Labute approximate surface area is 543 Å². The number of imidazole rings is 1. The molecule has 9 aromatic carbocycles. The Hall–Kier alpha value is -8.80. The van der Waals surface area contributed by atoms with Crippen LogP contribution in [0.15, 0.2) is 194 Å². The van der Waals surface area contributed by atoms with Gasteiger partial charge in [-0.1, -0.05) is 237 Å². The van der Waals surface area contributed by atoms with Gasteiger partial charge >= 0.3 is 0 Å². The lowest BCUT2D eigenvalue weighted by molar-refractivity contribution is -0.571. The van der Waals surface area contributed by atoms with Gasteiger partial charge in [0.2, 0.25) is 0 Å². The second kappa shape index (κ2) is 21.8. The predicted octanol–water partition coefficient (Wildman–Crippen LogP) is 22.1. The molecule has 0 spiro atoms. The molecule has 0 atom stereocenters. The van der Waals surface area contributed by atoms with Crippen LogP contribution in [0.4, 0.5) is 0 Å². The van der Waals surface area contributed by atoms with Crippen LogP contribution in [-0.4, -0.2) is 14.1 Å². The van der Waals surface area contributed by atoms with Crippen LogP contribution in [0.3, 0.4) is 0 Å². The molecule has 0 aliphatic carbocycles. The van der Waals surface area contributed by atoms with Crippen LogP contribution in [0.5, 0.6) is 11.5 Å². The number of nitrogens with zero attached hydrogens (tertiary/aromatic N) is 4. The summed E-state index contributed by atoms with van der Waals surface area (Å²) in [4.78, 5) is 4.79. The highest BCUT2D eigenvalue weighted by atomic mass is 16.5. The van der Waals surface area contributed by atoms with Gasteiger partial charge in [-0.05, 0) is 180 Å². The van der Waals surface area contributed by atoms with E-state index in [-0.39, 0.29) is 66.3 Å². The molecule has 5 nitrogen and oxygen atoms in total. The van der Waals surface area contributed by atoms with E-state index in [0.29, 0.717) is 44.8 Å². The summed E-state index contributed by atoms with van der Waals surface area (Å²) in [6.07, 6.45) is 5.16. The molecule has 444 valence electrons. The van der Waals surface area contributed by atoms with Gasteiger partial charge in [-0.25, -0.2) is 4.98 Å². The minimum atomic E-state index is -2.82. The lowest BCUT2D eigenvalue weighted by atomic mass is 9.76. The molecule has 0 unspecified atom stereocenters. The van der Waals surface area contributed by atoms with Crippen molar-refractivity contribution < 1.29 is 28.5 Å². The molecule has 0 N–H and O–H groups in total. The van der Waals surface area contributed by atoms with Crippen molar-refractivity contribution in [2.24, 2.45) is 0 Å². The van der Waals surface area contributed by atoms with Crippen LogP contribution in [0.1, 0.15) is 168 Å². The molecule has 0 bridgehead atoms. The number of rotatable bonds is 9. The second-order valence-corrected chi connectivity index (χ2v) is 28.7. The normalized spacial score (nSPS) is 15.4. The molecule has 0 fully saturated rings. The maximum atomic E-state index is 8.82. The second-order valence-electron chi connectivity index (χ2n) is 28.7. The van der Waals surface area contributed by atoms with Crippen molar-refractivity contribution in [1.29, 1.82) is 0 Å². The van der Waals surface area contributed by atoms with Gasteiger partial charge in [0, 0.05) is 40.9 Å². The van der Waals surface area contributed by atoms with Gasteiger partial charge < -0.3 is 4.74 Å². The van der Waals surface area contributed by atoms with Gasteiger partial charge in [-0.15, -0.1) is 0 Å². The zero-order valence-corrected chi connectivity index (χ0v) is 53.3. The van der Waals surface area contributed by atoms with Crippen molar-refractivity contribution in [2.75, 3.05) is 0 Å². The van der Waals surface area contributed by atoms with Crippen molar-refractivity contribution in [3.8, 4) is 73.2 Å². The van der Waals surface area contributed by atoms with E-state index in [9.17, 15) is 0 Å². The molecular formula is C83H86N4O. The first-order chi connectivity index (χ1) is 47.2. The average Bonchev–Trinajstić information content (AvgIpc) is 1.47. The molecule has 5 heteroatoms. The van der Waals surface area contributed by atoms with E-state index in [1.165, 1.54) is 52.7 Å². The van der Waals surface area contributed by atoms with Crippen molar-refractivity contribution >= 4 is 32.8 Å². The lowest BCUT2D eigenvalue weighted by Crippen LogP contribution is -2.32. The summed E-state index contributed by atoms with van der Waals surface area (Å²) >= 11 is 0. The van der Waals surface area contributed by atoms with Crippen LogP contribution in [0, 0.1) is 26.9 Å². The standard InChI is InChI=1S/C83H86N4O/c1-52-26-24-27-53(2)77(52)56-34-37-73-75(43-56)85(64-30-25-31-65(48-64)88-66-35-36-68-67-32-22-23-33-72(67)87(74(68)49-66)76-38-54(3)71(50-84-76)55-28-20-19-21-29-55)51-86(73)78-69(57-39-59(79(4,5)6)44-60(40-57)80(7,8)9)46-63(83(16,17)18)47-70(78)58-41-61(81(10,11)12)45-62(42-58)82(13,14)15/h19-50H,1-18H3/i1D3,2D3,3D3,19D,20D,21D,28D,29D. The number of hydrogen-bond acceptors (Lipinski definition) is 2. The molecule has 0 saturated carbocycles. The number of ether oxygens (including phenoxy) is 1. The average molecular weight is 1170 g/mol. The zero-order chi connectivity index (χ0) is 74.4. The Kier molecular flexibility index (Phi) is 11.1. The number of para-hydroxylation sites is 1. The van der Waals surface area contributed by atoms with Crippen molar-refractivity contribution in [3.05, 3.63) is 245 Å². The smallest absolute Gasteiger partial charge is 0.269 e.